The predicted molar refractivity (Wildman–Crippen MR) is 113 cm³/mol. The summed E-state index contributed by atoms with van der Waals surface area (Å²) in [5.74, 6) is 2.58. The third kappa shape index (κ3) is 5.23. The van der Waals surface area contributed by atoms with Gasteiger partial charge in [0, 0.05) is 5.56 Å². The largest absolute Gasteiger partial charge is 0.486 e. The number of allylic oxidation sites excluding steroid dienone is 1. The Morgan fingerprint density at radius 2 is 1.68 bits per heavy atom. The van der Waals surface area contributed by atoms with Crippen molar-refractivity contribution >= 4 is 11.9 Å². The zero-order valence-electron chi connectivity index (χ0n) is 16.9. The van der Waals surface area contributed by atoms with Gasteiger partial charge in [-0.25, -0.2) is 0 Å². The molecule has 0 spiro atoms. The minimum Gasteiger partial charge on any atom is -0.486 e. The van der Waals surface area contributed by atoms with Gasteiger partial charge < -0.3 is 9.15 Å². The SMILES string of the molecule is Cc1cc(C)cc(OCc2ccc(/C=C/C(=O)c3ccc(C(C)C)cc3)o2)c1. The summed E-state index contributed by atoms with van der Waals surface area (Å²) < 4.78 is 11.5. The number of hydrogen-bond acceptors (Lipinski definition) is 3. The third-order valence-electron chi connectivity index (χ3n) is 4.52. The molecule has 144 valence electrons. The lowest BCUT2D eigenvalue weighted by Gasteiger charge is -2.06. The maximum Gasteiger partial charge on any atom is 0.185 e. The summed E-state index contributed by atoms with van der Waals surface area (Å²) in [6, 6.07) is 17.6. The highest BCUT2D eigenvalue weighted by molar-refractivity contribution is 6.06. The molecule has 1 heterocycles. The van der Waals surface area contributed by atoms with E-state index in [9.17, 15) is 4.79 Å². The molecule has 3 heteroatoms. The Labute approximate surface area is 166 Å². The Hall–Kier alpha value is -3.07. The standard InChI is InChI=1S/C25H26O3/c1-17(2)20-5-7-21(8-6-20)25(26)12-11-22-9-10-23(28-22)16-27-24-14-18(3)13-19(4)15-24/h5-15,17H,16H2,1-4H3/b12-11+. The van der Waals surface area contributed by atoms with Gasteiger partial charge in [0.15, 0.2) is 5.78 Å². The van der Waals surface area contributed by atoms with Crippen LogP contribution in [0.25, 0.3) is 6.08 Å². The van der Waals surface area contributed by atoms with Crippen molar-refractivity contribution in [2.45, 2.75) is 40.2 Å². The smallest absolute Gasteiger partial charge is 0.185 e. The summed E-state index contributed by atoms with van der Waals surface area (Å²) >= 11 is 0. The van der Waals surface area contributed by atoms with E-state index in [1.54, 1.807) is 6.08 Å². The number of rotatable bonds is 7. The van der Waals surface area contributed by atoms with Gasteiger partial charge in [0.05, 0.1) is 0 Å². The van der Waals surface area contributed by atoms with E-state index in [-0.39, 0.29) is 5.78 Å². The Kier molecular flexibility index (Phi) is 6.15. The molecule has 0 unspecified atom stereocenters. The average molecular weight is 374 g/mol. The van der Waals surface area contributed by atoms with Crippen molar-refractivity contribution in [3.8, 4) is 5.75 Å². The lowest BCUT2D eigenvalue weighted by atomic mass is 10.0. The van der Waals surface area contributed by atoms with Crippen molar-refractivity contribution in [3.05, 3.63) is 94.4 Å². The van der Waals surface area contributed by atoms with E-state index in [1.165, 1.54) is 11.6 Å². The van der Waals surface area contributed by atoms with E-state index in [0.29, 0.717) is 29.6 Å². The van der Waals surface area contributed by atoms with Gasteiger partial charge in [-0.15, -0.1) is 0 Å². The summed E-state index contributed by atoms with van der Waals surface area (Å²) in [7, 11) is 0. The second-order valence-corrected chi connectivity index (χ2v) is 7.39. The van der Waals surface area contributed by atoms with Crippen LogP contribution in [0.1, 0.15) is 58.3 Å². The molecule has 0 bridgehead atoms. The molecule has 0 fully saturated rings. The molecule has 3 nitrogen and oxygen atoms in total. The van der Waals surface area contributed by atoms with E-state index >= 15 is 0 Å². The maximum atomic E-state index is 12.3. The summed E-state index contributed by atoms with van der Waals surface area (Å²) in [6.07, 6.45) is 3.23. The topological polar surface area (TPSA) is 39.4 Å². The van der Waals surface area contributed by atoms with Crippen molar-refractivity contribution in [3.63, 3.8) is 0 Å². The van der Waals surface area contributed by atoms with E-state index in [4.69, 9.17) is 9.15 Å². The maximum absolute atomic E-state index is 12.3. The molecule has 2 aromatic carbocycles. The molecule has 0 aliphatic carbocycles. The molecular weight excluding hydrogens is 348 g/mol. The van der Waals surface area contributed by atoms with Gasteiger partial charge in [-0.2, -0.15) is 0 Å². The first-order valence-electron chi connectivity index (χ1n) is 9.53. The summed E-state index contributed by atoms with van der Waals surface area (Å²) in [5, 5.41) is 0. The first-order valence-corrected chi connectivity index (χ1v) is 9.53. The highest BCUT2D eigenvalue weighted by atomic mass is 16.5. The zero-order valence-corrected chi connectivity index (χ0v) is 16.9. The van der Waals surface area contributed by atoms with E-state index < -0.39 is 0 Å². The number of hydrogen-bond donors (Lipinski definition) is 0. The first kappa shape index (κ1) is 19.7. The molecule has 0 aliphatic heterocycles. The number of furan rings is 1. The molecule has 0 N–H and O–H groups in total. The van der Waals surface area contributed by atoms with Crippen LogP contribution >= 0.6 is 0 Å². The Balaban J connectivity index is 1.59. The Morgan fingerprint density at radius 3 is 2.32 bits per heavy atom. The highest BCUT2D eigenvalue weighted by Gasteiger charge is 2.06. The van der Waals surface area contributed by atoms with Gasteiger partial charge in [-0.1, -0.05) is 44.2 Å². The molecule has 0 atom stereocenters. The summed E-state index contributed by atoms with van der Waals surface area (Å²) in [4.78, 5) is 12.3. The molecule has 0 radical (unpaired) electrons. The fourth-order valence-electron chi connectivity index (χ4n) is 3.02. The minimum atomic E-state index is -0.0419. The van der Waals surface area contributed by atoms with Crippen LogP contribution in [0.15, 0.2) is 65.1 Å². The lowest BCUT2D eigenvalue weighted by Crippen LogP contribution is -1.95. The van der Waals surface area contributed by atoms with E-state index in [0.717, 1.165) is 16.9 Å². The zero-order chi connectivity index (χ0) is 20.1. The minimum absolute atomic E-state index is 0.0419. The van der Waals surface area contributed by atoms with Crippen LogP contribution in [0.3, 0.4) is 0 Å². The molecule has 0 aliphatic rings. The predicted octanol–water partition coefficient (Wildman–Crippen LogP) is 6.49. The molecule has 0 saturated carbocycles. The lowest BCUT2D eigenvalue weighted by molar-refractivity contribution is 0.104. The van der Waals surface area contributed by atoms with Crippen molar-refractivity contribution < 1.29 is 13.9 Å². The number of carbonyl (C=O) groups is 1. The van der Waals surface area contributed by atoms with Gasteiger partial charge in [-0.3, -0.25) is 4.79 Å². The Bertz CT molecular complexity index is 955. The fourth-order valence-corrected chi connectivity index (χ4v) is 3.02. The highest BCUT2D eigenvalue weighted by Crippen LogP contribution is 2.19. The van der Waals surface area contributed by atoms with Gasteiger partial charge in [0.2, 0.25) is 0 Å². The quantitative estimate of drug-likeness (QED) is 0.350. The number of ether oxygens (including phenoxy) is 1. The number of aryl methyl sites for hydroxylation is 2. The van der Waals surface area contributed by atoms with Crippen molar-refractivity contribution in [1.82, 2.24) is 0 Å². The summed E-state index contributed by atoms with van der Waals surface area (Å²) in [6.45, 7) is 8.71. The molecule has 28 heavy (non-hydrogen) atoms. The Morgan fingerprint density at radius 1 is 1.00 bits per heavy atom. The van der Waals surface area contributed by atoms with E-state index in [2.05, 4.69) is 19.9 Å². The van der Waals surface area contributed by atoms with Crippen molar-refractivity contribution in [2.24, 2.45) is 0 Å². The van der Waals surface area contributed by atoms with Crippen LogP contribution in [-0.2, 0) is 6.61 Å². The number of carbonyl (C=O) groups excluding carboxylic acids is 1. The van der Waals surface area contributed by atoms with Crippen LogP contribution in [0.2, 0.25) is 0 Å². The van der Waals surface area contributed by atoms with Crippen LogP contribution in [0.4, 0.5) is 0 Å². The third-order valence-corrected chi connectivity index (χ3v) is 4.52. The normalized spacial score (nSPS) is 11.3. The molecule has 3 rings (SSSR count). The van der Waals surface area contributed by atoms with Gasteiger partial charge in [0.1, 0.15) is 23.9 Å². The second-order valence-electron chi connectivity index (χ2n) is 7.39. The molecule has 0 amide bonds. The second kappa shape index (κ2) is 8.75. The van der Waals surface area contributed by atoms with Gasteiger partial charge >= 0.3 is 0 Å². The molecule has 3 aromatic rings. The van der Waals surface area contributed by atoms with Crippen molar-refractivity contribution in [1.29, 1.82) is 0 Å². The fraction of sp³-hybridized carbons (Fsp3) is 0.240. The average Bonchev–Trinajstić information content (AvgIpc) is 3.12. The molecular formula is C25H26O3. The first-order chi connectivity index (χ1) is 13.4. The van der Waals surface area contributed by atoms with Crippen LogP contribution in [0.5, 0.6) is 5.75 Å². The van der Waals surface area contributed by atoms with Crippen LogP contribution in [0, 0.1) is 13.8 Å². The van der Waals surface area contributed by atoms with Gasteiger partial charge in [0.25, 0.3) is 0 Å². The van der Waals surface area contributed by atoms with Crippen LogP contribution in [-0.4, -0.2) is 5.78 Å². The number of benzene rings is 2. The van der Waals surface area contributed by atoms with Crippen LogP contribution < -0.4 is 4.74 Å². The monoisotopic (exact) mass is 374 g/mol. The molecule has 0 saturated heterocycles. The van der Waals surface area contributed by atoms with E-state index in [1.807, 2.05) is 62.4 Å². The molecule has 1 aromatic heterocycles. The summed E-state index contributed by atoms with van der Waals surface area (Å²) in [5.41, 5.74) is 4.22. The van der Waals surface area contributed by atoms with Crippen molar-refractivity contribution in [2.75, 3.05) is 0 Å². The van der Waals surface area contributed by atoms with Gasteiger partial charge in [-0.05, 0) is 72.9 Å². The number of ketones is 1.